The van der Waals surface area contributed by atoms with E-state index in [4.69, 9.17) is 9.84 Å². The van der Waals surface area contributed by atoms with E-state index in [1.165, 1.54) is 0 Å². The van der Waals surface area contributed by atoms with Crippen LogP contribution in [0.4, 0.5) is 4.79 Å². The molecule has 6 heteroatoms. The van der Waals surface area contributed by atoms with Crippen LogP contribution in [0, 0.1) is 11.3 Å². The van der Waals surface area contributed by atoms with Crippen molar-refractivity contribution in [2.75, 3.05) is 13.7 Å². The third-order valence-electron chi connectivity index (χ3n) is 5.25. The second-order valence-electron chi connectivity index (χ2n) is 6.89. The van der Waals surface area contributed by atoms with Gasteiger partial charge in [0.2, 0.25) is 0 Å². The molecule has 120 valence electrons. The van der Waals surface area contributed by atoms with Crippen molar-refractivity contribution in [3.63, 3.8) is 0 Å². The van der Waals surface area contributed by atoms with E-state index in [9.17, 15) is 9.59 Å². The van der Waals surface area contributed by atoms with Gasteiger partial charge in [-0.3, -0.25) is 4.79 Å². The molecule has 1 saturated carbocycles. The van der Waals surface area contributed by atoms with E-state index < -0.39 is 5.97 Å². The first-order chi connectivity index (χ1) is 9.77. The topological polar surface area (TPSA) is 78.9 Å². The number of rotatable bonds is 3. The molecule has 1 saturated heterocycles. The highest BCUT2D eigenvalue weighted by molar-refractivity contribution is 5.76. The van der Waals surface area contributed by atoms with Gasteiger partial charge >= 0.3 is 12.0 Å². The number of carboxylic acids is 1. The van der Waals surface area contributed by atoms with Gasteiger partial charge in [0.1, 0.15) is 0 Å². The molecule has 4 atom stereocenters. The molecule has 1 heterocycles. The molecule has 21 heavy (non-hydrogen) atoms. The van der Waals surface area contributed by atoms with Gasteiger partial charge in [-0.15, -0.1) is 0 Å². The Bertz CT molecular complexity index is 424. The number of nitrogens with zero attached hydrogens (tertiary/aromatic N) is 1. The molecule has 1 aliphatic carbocycles. The van der Waals surface area contributed by atoms with E-state index in [1.54, 1.807) is 12.0 Å². The van der Waals surface area contributed by atoms with E-state index in [0.717, 1.165) is 6.42 Å². The van der Waals surface area contributed by atoms with Crippen LogP contribution < -0.4 is 5.32 Å². The third-order valence-corrected chi connectivity index (χ3v) is 5.25. The maximum Gasteiger partial charge on any atom is 0.317 e. The molecule has 0 bridgehead atoms. The lowest BCUT2D eigenvalue weighted by molar-refractivity contribution is -0.143. The monoisotopic (exact) mass is 298 g/mol. The fraction of sp³-hybridized carbons (Fsp3) is 0.867. The molecular weight excluding hydrogens is 272 g/mol. The maximum absolute atomic E-state index is 12.4. The Balaban J connectivity index is 1.89. The number of aliphatic carboxylic acids is 1. The standard InChI is InChI=1S/C15H26N2O4/c1-9-7-10(13(18)19)5-6-17(9)14(20)16-11-8-12(21-4)15(11,2)3/h9-12H,5-8H2,1-4H3,(H,16,20)(H,18,19). The number of carboxylic acid groups (broad SMARTS) is 1. The van der Waals surface area contributed by atoms with Crippen LogP contribution in [0.5, 0.6) is 0 Å². The molecule has 2 aliphatic rings. The average Bonchev–Trinajstić information content (AvgIpc) is 2.42. The summed E-state index contributed by atoms with van der Waals surface area (Å²) in [6, 6.07) is -0.0143. The summed E-state index contributed by atoms with van der Waals surface area (Å²) in [7, 11) is 1.70. The predicted molar refractivity (Wildman–Crippen MR) is 78.0 cm³/mol. The molecule has 6 nitrogen and oxygen atoms in total. The quantitative estimate of drug-likeness (QED) is 0.831. The Morgan fingerprint density at radius 3 is 2.48 bits per heavy atom. The molecule has 0 aromatic rings. The molecule has 2 amide bonds. The SMILES string of the molecule is COC1CC(NC(=O)N2CCC(C(=O)O)CC2C)C1(C)C. The van der Waals surface area contributed by atoms with Crippen molar-refractivity contribution >= 4 is 12.0 Å². The smallest absolute Gasteiger partial charge is 0.317 e. The average molecular weight is 298 g/mol. The number of hydrogen-bond donors (Lipinski definition) is 2. The van der Waals surface area contributed by atoms with Crippen LogP contribution in [-0.4, -0.2) is 53.8 Å². The summed E-state index contributed by atoms with van der Waals surface area (Å²) in [4.78, 5) is 25.2. The molecule has 0 spiro atoms. The Hall–Kier alpha value is -1.30. The molecule has 4 unspecified atom stereocenters. The van der Waals surface area contributed by atoms with Crippen LogP contribution in [0.3, 0.4) is 0 Å². The highest BCUT2D eigenvalue weighted by Gasteiger charge is 2.49. The Kier molecular flexibility index (Phi) is 4.46. The van der Waals surface area contributed by atoms with Crippen LogP contribution in [0.2, 0.25) is 0 Å². The van der Waals surface area contributed by atoms with Crippen LogP contribution in [0.25, 0.3) is 0 Å². The number of piperidine rings is 1. The zero-order chi connectivity index (χ0) is 15.8. The number of carbonyl (C=O) groups excluding carboxylic acids is 1. The summed E-state index contributed by atoms with van der Waals surface area (Å²) in [6.45, 7) is 6.61. The molecule has 2 rings (SSSR count). The van der Waals surface area contributed by atoms with Gasteiger partial charge in [-0.25, -0.2) is 4.79 Å². The first kappa shape index (κ1) is 16.1. The largest absolute Gasteiger partial charge is 0.481 e. The molecule has 0 aromatic carbocycles. The number of nitrogens with one attached hydrogen (secondary N) is 1. The molecule has 2 fully saturated rings. The molecule has 0 radical (unpaired) electrons. The summed E-state index contributed by atoms with van der Waals surface area (Å²) in [5.41, 5.74) is -0.0625. The van der Waals surface area contributed by atoms with Crippen molar-refractivity contribution in [2.45, 2.75) is 58.2 Å². The summed E-state index contributed by atoms with van der Waals surface area (Å²) in [5, 5.41) is 12.1. The zero-order valence-electron chi connectivity index (χ0n) is 13.3. The number of urea groups is 1. The lowest BCUT2D eigenvalue weighted by Crippen LogP contribution is -2.64. The van der Waals surface area contributed by atoms with Gasteiger partial charge in [0.15, 0.2) is 0 Å². The van der Waals surface area contributed by atoms with E-state index >= 15 is 0 Å². The lowest BCUT2D eigenvalue weighted by Gasteiger charge is -2.52. The van der Waals surface area contributed by atoms with Crippen molar-refractivity contribution in [2.24, 2.45) is 11.3 Å². The van der Waals surface area contributed by atoms with E-state index in [1.807, 2.05) is 6.92 Å². The predicted octanol–water partition coefficient (Wildman–Crippen LogP) is 1.69. The molecular formula is C15H26N2O4. The zero-order valence-corrected chi connectivity index (χ0v) is 13.3. The van der Waals surface area contributed by atoms with Crippen LogP contribution >= 0.6 is 0 Å². The highest BCUT2D eigenvalue weighted by Crippen LogP contribution is 2.42. The third kappa shape index (κ3) is 3.00. The Morgan fingerprint density at radius 1 is 1.33 bits per heavy atom. The van der Waals surface area contributed by atoms with Gasteiger partial charge in [0, 0.05) is 31.2 Å². The van der Waals surface area contributed by atoms with Crippen molar-refractivity contribution in [3.05, 3.63) is 0 Å². The fourth-order valence-corrected chi connectivity index (χ4v) is 3.46. The highest BCUT2D eigenvalue weighted by atomic mass is 16.5. The van der Waals surface area contributed by atoms with Gasteiger partial charge in [0.05, 0.1) is 12.0 Å². The molecule has 1 aliphatic heterocycles. The number of likely N-dealkylation sites (tertiary alicyclic amines) is 1. The van der Waals surface area contributed by atoms with Gasteiger partial charge in [0.25, 0.3) is 0 Å². The summed E-state index contributed by atoms with van der Waals surface area (Å²) < 4.78 is 5.39. The number of ether oxygens (including phenoxy) is 1. The Morgan fingerprint density at radius 2 is 2.00 bits per heavy atom. The first-order valence-corrected chi connectivity index (χ1v) is 7.60. The fourth-order valence-electron chi connectivity index (χ4n) is 3.46. The van der Waals surface area contributed by atoms with Gasteiger partial charge < -0.3 is 20.1 Å². The summed E-state index contributed by atoms with van der Waals surface area (Å²) >= 11 is 0. The van der Waals surface area contributed by atoms with Crippen molar-refractivity contribution in [1.29, 1.82) is 0 Å². The molecule has 0 aromatic heterocycles. The van der Waals surface area contributed by atoms with Crippen LogP contribution in [0.15, 0.2) is 0 Å². The molecule has 2 N–H and O–H groups in total. The van der Waals surface area contributed by atoms with E-state index in [0.29, 0.717) is 19.4 Å². The number of amides is 2. The number of carbonyl (C=O) groups is 2. The second-order valence-corrected chi connectivity index (χ2v) is 6.89. The van der Waals surface area contributed by atoms with Crippen molar-refractivity contribution < 1.29 is 19.4 Å². The lowest BCUT2D eigenvalue weighted by atomic mass is 9.64. The van der Waals surface area contributed by atoms with Crippen LogP contribution in [0.1, 0.15) is 40.0 Å². The van der Waals surface area contributed by atoms with Gasteiger partial charge in [-0.05, 0) is 26.2 Å². The number of methoxy groups -OCH3 is 1. The summed E-state index contributed by atoms with van der Waals surface area (Å²) in [6.07, 6.45) is 2.06. The van der Waals surface area contributed by atoms with Crippen molar-refractivity contribution in [3.8, 4) is 0 Å². The maximum atomic E-state index is 12.4. The van der Waals surface area contributed by atoms with Gasteiger partial charge in [-0.2, -0.15) is 0 Å². The van der Waals surface area contributed by atoms with Gasteiger partial charge in [-0.1, -0.05) is 13.8 Å². The minimum Gasteiger partial charge on any atom is -0.481 e. The van der Waals surface area contributed by atoms with E-state index in [2.05, 4.69) is 19.2 Å². The van der Waals surface area contributed by atoms with E-state index in [-0.39, 0.29) is 35.6 Å². The normalized spacial score (nSPS) is 35.0. The van der Waals surface area contributed by atoms with Crippen molar-refractivity contribution in [1.82, 2.24) is 10.2 Å². The minimum atomic E-state index is -0.759. The second kappa shape index (κ2) is 5.83. The number of hydrogen-bond acceptors (Lipinski definition) is 3. The summed E-state index contributed by atoms with van der Waals surface area (Å²) in [5.74, 6) is -1.09. The first-order valence-electron chi connectivity index (χ1n) is 7.60. The Labute approximate surface area is 125 Å². The van der Waals surface area contributed by atoms with Crippen LogP contribution in [-0.2, 0) is 9.53 Å². The minimum absolute atomic E-state index is 0.0405.